The van der Waals surface area contributed by atoms with Gasteiger partial charge in [-0.1, -0.05) is 0 Å². The number of nitrogens with one attached hydrogen (secondary N) is 2. The molecule has 5 heteroatoms. The van der Waals surface area contributed by atoms with Crippen LogP contribution in [0.15, 0.2) is 24.0 Å². The zero-order valence-corrected chi connectivity index (χ0v) is 9.32. The van der Waals surface area contributed by atoms with Crippen LogP contribution in [0.4, 0.5) is 0 Å². The molecule has 0 spiro atoms. The van der Waals surface area contributed by atoms with E-state index < -0.39 is 0 Å². The zero-order chi connectivity index (χ0) is 11.8. The standard InChI is InChI=1S/C12H13N3O2/c16-11-9(8-4-3-5-13-8)10(12(17)14-11)15-6-1-2-7-15/h3-5,13H,1-2,6-7H2,(H,14,16,17). The second-order valence-corrected chi connectivity index (χ2v) is 4.28. The molecule has 0 aromatic carbocycles. The molecule has 3 heterocycles. The molecule has 2 N–H and O–H groups in total. The van der Waals surface area contributed by atoms with E-state index >= 15 is 0 Å². The Kier molecular flexibility index (Phi) is 2.24. The Balaban J connectivity index is 2.09. The highest BCUT2D eigenvalue weighted by molar-refractivity contribution is 6.35. The summed E-state index contributed by atoms with van der Waals surface area (Å²) in [6.45, 7) is 1.69. The van der Waals surface area contributed by atoms with Crippen LogP contribution in [0, 0.1) is 0 Å². The Labute approximate surface area is 98.5 Å². The lowest BCUT2D eigenvalue weighted by atomic mass is 10.1. The summed E-state index contributed by atoms with van der Waals surface area (Å²) in [6.07, 6.45) is 3.89. The molecule has 0 radical (unpaired) electrons. The summed E-state index contributed by atoms with van der Waals surface area (Å²) in [4.78, 5) is 28.6. The predicted octanol–water partition coefficient (Wildman–Crippen LogP) is 0.478. The van der Waals surface area contributed by atoms with Gasteiger partial charge in [0.2, 0.25) is 0 Å². The number of amides is 2. The molecule has 5 nitrogen and oxygen atoms in total. The van der Waals surface area contributed by atoms with E-state index in [-0.39, 0.29) is 11.8 Å². The Hall–Kier alpha value is -2.04. The van der Waals surface area contributed by atoms with Crippen LogP contribution in [-0.2, 0) is 9.59 Å². The van der Waals surface area contributed by atoms with Gasteiger partial charge in [0, 0.05) is 19.3 Å². The van der Waals surface area contributed by atoms with Crippen molar-refractivity contribution in [3.63, 3.8) is 0 Å². The highest BCUT2D eigenvalue weighted by atomic mass is 16.2. The second-order valence-electron chi connectivity index (χ2n) is 4.28. The largest absolute Gasteiger partial charge is 0.366 e. The highest BCUT2D eigenvalue weighted by Gasteiger charge is 2.35. The fourth-order valence-electron chi connectivity index (χ4n) is 2.42. The van der Waals surface area contributed by atoms with E-state index in [0.29, 0.717) is 17.0 Å². The first kappa shape index (κ1) is 10.1. The molecule has 0 atom stereocenters. The summed E-state index contributed by atoms with van der Waals surface area (Å²) in [5, 5.41) is 2.37. The summed E-state index contributed by atoms with van der Waals surface area (Å²) < 4.78 is 0. The molecule has 0 bridgehead atoms. The molecular weight excluding hydrogens is 218 g/mol. The summed E-state index contributed by atoms with van der Waals surface area (Å²) >= 11 is 0. The maximum absolute atomic E-state index is 11.8. The van der Waals surface area contributed by atoms with Crippen LogP contribution in [0.2, 0.25) is 0 Å². The van der Waals surface area contributed by atoms with Crippen LogP contribution in [0.5, 0.6) is 0 Å². The first-order valence-corrected chi connectivity index (χ1v) is 5.76. The lowest BCUT2D eigenvalue weighted by Crippen LogP contribution is -2.29. The molecule has 0 unspecified atom stereocenters. The van der Waals surface area contributed by atoms with E-state index in [1.807, 2.05) is 17.0 Å². The summed E-state index contributed by atoms with van der Waals surface area (Å²) in [5.74, 6) is -0.583. The van der Waals surface area contributed by atoms with Gasteiger partial charge in [0.15, 0.2) is 0 Å². The Morgan fingerprint density at radius 2 is 1.88 bits per heavy atom. The second kappa shape index (κ2) is 3.76. The van der Waals surface area contributed by atoms with Crippen LogP contribution in [-0.4, -0.2) is 34.8 Å². The van der Waals surface area contributed by atoms with Crippen molar-refractivity contribution >= 4 is 17.4 Å². The Bertz CT molecular complexity index is 496. The fraction of sp³-hybridized carbons (Fsp3) is 0.333. The number of carbonyl (C=O) groups excluding carboxylic acids is 2. The van der Waals surface area contributed by atoms with Crippen LogP contribution < -0.4 is 5.32 Å². The molecule has 2 aliphatic heterocycles. The smallest absolute Gasteiger partial charge is 0.275 e. The normalized spacial score (nSPS) is 20.4. The molecule has 1 aromatic rings. The van der Waals surface area contributed by atoms with Gasteiger partial charge in [-0.2, -0.15) is 0 Å². The number of aromatic nitrogens is 1. The maximum atomic E-state index is 11.8. The van der Waals surface area contributed by atoms with Crippen molar-refractivity contribution < 1.29 is 9.59 Å². The molecule has 88 valence electrons. The van der Waals surface area contributed by atoms with Crippen LogP contribution >= 0.6 is 0 Å². The molecule has 0 aliphatic carbocycles. The van der Waals surface area contributed by atoms with Gasteiger partial charge in [0.1, 0.15) is 5.70 Å². The van der Waals surface area contributed by atoms with Crippen molar-refractivity contribution in [1.29, 1.82) is 0 Å². The van der Waals surface area contributed by atoms with Crippen LogP contribution in [0.25, 0.3) is 5.57 Å². The van der Waals surface area contributed by atoms with Crippen LogP contribution in [0.1, 0.15) is 18.5 Å². The number of likely N-dealkylation sites (tertiary alicyclic amines) is 1. The van der Waals surface area contributed by atoms with Gasteiger partial charge in [-0.25, -0.2) is 0 Å². The minimum atomic E-state index is -0.306. The number of hydrogen-bond donors (Lipinski definition) is 2. The van der Waals surface area contributed by atoms with Gasteiger partial charge in [-0.3, -0.25) is 14.9 Å². The average Bonchev–Trinajstić information content (AvgIpc) is 2.98. The molecule has 3 rings (SSSR count). The van der Waals surface area contributed by atoms with Gasteiger partial charge in [0.25, 0.3) is 11.8 Å². The number of carbonyl (C=O) groups is 2. The topological polar surface area (TPSA) is 65.2 Å². The fourth-order valence-corrected chi connectivity index (χ4v) is 2.42. The number of hydrogen-bond acceptors (Lipinski definition) is 3. The summed E-state index contributed by atoms with van der Waals surface area (Å²) in [6, 6.07) is 3.63. The third-order valence-corrected chi connectivity index (χ3v) is 3.20. The van der Waals surface area contributed by atoms with E-state index in [1.54, 1.807) is 6.20 Å². The maximum Gasteiger partial charge on any atom is 0.275 e. The van der Waals surface area contributed by atoms with Gasteiger partial charge >= 0.3 is 0 Å². The predicted molar refractivity (Wildman–Crippen MR) is 61.7 cm³/mol. The quantitative estimate of drug-likeness (QED) is 0.727. The number of aromatic amines is 1. The van der Waals surface area contributed by atoms with E-state index in [0.717, 1.165) is 25.9 Å². The molecule has 1 saturated heterocycles. The van der Waals surface area contributed by atoms with Crippen molar-refractivity contribution in [2.75, 3.05) is 13.1 Å². The monoisotopic (exact) mass is 231 g/mol. The molecule has 2 aliphatic rings. The van der Waals surface area contributed by atoms with Crippen molar-refractivity contribution in [1.82, 2.24) is 15.2 Å². The van der Waals surface area contributed by atoms with Crippen LogP contribution in [0.3, 0.4) is 0 Å². The van der Waals surface area contributed by atoms with Crippen molar-refractivity contribution in [3.8, 4) is 0 Å². The molecular formula is C12H13N3O2. The summed E-state index contributed by atoms with van der Waals surface area (Å²) in [7, 11) is 0. The van der Waals surface area contributed by atoms with Gasteiger partial charge in [-0.05, 0) is 25.0 Å². The molecule has 17 heavy (non-hydrogen) atoms. The minimum Gasteiger partial charge on any atom is -0.366 e. The number of rotatable bonds is 2. The number of imide groups is 1. The third-order valence-electron chi connectivity index (χ3n) is 3.20. The first-order valence-electron chi connectivity index (χ1n) is 5.76. The van der Waals surface area contributed by atoms with Gasteiger partial charge in [-0.15, -0.1) is 0 Å². The average molecular weight is 231 g/mol. The highest BCUT2D eigenvalue weighted by Crippen LogP contribution is 2.27. The van der Waals surface area contributed by atoms with Gasteiger partial charge < -0.3 is 9.88 Å². The number of H-pyrrole nitrogens is 1. The van der Waals surface area contributed by atoms with Gasteiger partial charge in [0.05, 0.1) is 11.3 Å². The lowest BCUT2D eigenvalue weighted by molar-refractivity contribution is -0.124. The minimum absolute atomic E-state index is 0.276. The van der Waals surface area contributed by atoms with Crippen molar-refractivity contribution in [2.24, 2.45) is 0 Å². The summed E-state index contributed by atoms with van der Waals surface area (Å²) in [5.41, 5.74) is 1.70. The molecule has 0 saturated carbocycles. The molecule has 1 fully saturated rings. The van der Waals surface area contributed by atoms with E-state index in [1.165, 1.54) is 0 Å². The SMILES string of the molecule is O=C1NC(=O)C(N2CCCC2)=C1c1ccc[nH]1. The molecule has 2 amide bonds. The van der Waals surface area contributed by atoms with E-state index in [4.69, 9.17) is 0 Å². The van der Waals surface area contributed by atoms with Crippen molar-refractivity contribution in [2.45, 2.75) is 12.8 Å². The number of nitrogens with zero attached hydrogens (tertiary/aromatic N) is 1. The zero-order valence-electron chi connectivity index (χ0n) is 9.32. The van der Waals surface area contributed by atoms with E-state index in [9.17, 15) is 9.59 Å². The Morgan fingerprint density at radius 1 is 1.12 bits per heavy atom. The third kappa shape index (κ3) is 1.54. The first-order chi connectivity index (χ1) is 8.27. The molecule has 1 aromatic heterocycles. The Morgan fingerprint density at radius 3 is 2.53 bits per heavy atom. The lowest BCUT2D eigenvalue weighted by Gasteiger charge is -2.17. The van der Waals surface area contributed by atoms with Crippen molar-refractivity contribution in [3.05, 3.63) is 29.7 Å². The van der Waals surface area contributed by atoms with E-state index in [2.05, 4.69) is 10.3 Å².